The molecule has 3 N–H and O–H groups in total. The number of nitrogen functional groups attached to an aromatic ring is 1. The van der Waals surface area contributed by atoms with Crippen molar-refractivity contribution in [2.75, 3.05) is 17.7 Å². The Morgan fingerprint density at radius 3 is 2.89 bits per heavy atom. The summed E-state index contributed by atoms with van der Waals surface area (Å²) in [7, 11) is 1.86. The predicted octanol–water partition coefficient (Wildman–Crippen LogP) is -0.0168. The van der Waals surface area contributed by atoms with E-state index in [2.05, 4.69) is 30.5 Å². The van der Waals surface area contributed by atoms with E-state index >= 15 is 0 Å². The van der Waals surface area contributed by atoms with Crippen molar-refractivity contribution in [1.29, 1.82) is 0 Å². The summed E-state index contributed by atoms with van der Waals surface area (Å²) < 4.78 is 7.12. The minimum atomic E-state index is 0.113. The molecule has 9 heteroatoms. The second kappa shape index (κ2) is 5.94. The average molecular weight is 264 g/mol. The molecule has 0 bridgehead atoms. The minimum absolute atomic E-state index is 0.113. The Morgan fingerprint density at radius 1 is 1.37 bits per heavy atom. The highest BCUT2D eigenvalue weighted by Gasteiger charge is 2.06. The Labute approximate surface area is 110 Å². The Kier molecular flexibility index (Phi) is 4.06. The van der Waals surface area contributed by atoms with Crippen LogP contribution < -0.4 is 15.8 Å². The molecule has 102 valence electrons. The standard InChI is InChI=1S/C10H16N8O/c1-3-4-19-10-15-8(11)14-9(16-10)12-5-7-17-13-6-18(7)2/h6H,3-5H2,1-2H3,(H3,11,12,14,15,16). The van der Waals surface area contributed by atoms with E-state index in [9.17, 15) is 0 Å². The number of anilines is 2. The molecule has 9 nitrogen and oxygen atoms in total. The number of aryl methyl sites for hydroxylation is 1. The first kappa shape index (κ1) is 13.0. The van der Waals surface area contributed by atoms with Crippen molar-refractivity contribution in [2.24, 2.45) is 7.05 Å². The van der Waals surface area contributed by atoms with Crippen LogP contribution in [0.4, 0.5) is 11.9 Å². The van der Waals surface area contributed by atoms with Crippen molar-refractivity contribution in [3.8, 4) is 6.01 Å². The molecule has 0 aromatic carbocycles. The van der Waals surface area contributed by atoms with Gasteiger partial charge in [-0.25, -0.2) is 0 Å². The normalized spacial score (nSPS) is 10.4. The fourth-order valence-corrected chi connectivity index (χ4v) is 1.33. The van der Waals surface area contributed by atoms with Gasteiger partial charge in [0, 0.05) is 7.05 Å². The number of nitrogens with two attached hydrogens (primary N) is 1. The first-order valence-corrected chi connectivity index (χ1v) is 5.90. The van der Waals surface area contributed by atoms with Crippen LogP contribution in [0.25, 0.3) is 0 Å². The third-order valence-corrected chi connectivity index (χ3v) is 2.28. The number of rotatable bonds is 6. The number of ether oxygens (including phenoxy) is 1. The van der Waals surface area contributed by atoms with Crippen molar-refractivity contribution in [1.82, 2.24) is 29.7 Å². The molecular weight excluding hydrogens is 248 g/mol. The van der Waals surface area contributed by atoms with Gasteiger partial charge in [-0.1, -0.05) is 6.92 Å². The third-order valence-electron chi connectivity index (χ3n) is 2.28. The van der Waals surface area contributed by atoms with Gasteiger partial charge in [0.15, 0.2) is 5.82 Å². The lowest BCUT2D eigenvalue weighted by Crippen LogP contribution is -2.11. The van der Waals surface area contributed by atoms with E-state index in [4.69, 9.17) is 10.5 Å². The topological polar surface area (TPSA) is 117 Å². The molecule has 0 atom stereocenters. The van der Waals surface area contributed by atoms with Gasteiger partial charge in [0.05, 0.1) is 13.2 Å². The molecule has 2 aromatic rings. The van der Waals surface area contributed by atoms with Crippen LogP contribution in [0.5, 0.6) is 6.01 Å². The van der Waals surface area contributed by atoms with Crippen molar-refractivity contribution in [2.45, 2.75) is 19.9 Å². The van der Waals surface area contributed by atoms with Crippen LogP contribution in [0.15, 0.2) is 6.33 Å². The van der Waals surface area contributed by atoms with Crippen LogP contribution in [0.2, 0.25) is 0 Å². The number of aromatic nitrogens is 6. The van der Waals surface area contributed by atoms with Crippen LogP contribution in [0.1, 0.15) is 19.2 Å². The highest BCUT2D eigenvalue weighted by atomic mass is 16.5. The maximum Gasteiger partial charge on any atom is 0.323 e. The first-order valence-electron chi connectivity index (χ1n) is 5.90. The molecule has 19 heavy (non-hydrogen) atoms. The van der Waals surface area contributed by atoms with Gasteiger partial charge in [0.25, 0.3) is 0 Å². The summed E-state index contributed by atoms with van der Waals surface area (Å²) in [4.78, 5) is 12.0. The van der Waals surface area contributed by atoms with Gasteiger partial charge in [-0.05, 0) is 6.42 Å². The Morgan fingerprint density at radius 2 is 2.21 bits per heavy atom. The van der Waals surface area contributed by atoms with E-state index in [0.717, 1.165) is 12.2 Å². The zero-order valence-corrected chi connectivity index (χ0v) is 10.9. The quantitative estimate of drug-likeness (QED) is 0.747. The molecule has 0 saturated carbocycles. The summed E-state index contributed by atoms with van der Waals surface area (Å²) in [5.41, 5.74) is 5.59. The summed E-state index contributed by atoms with van der Waals surface area (Å²) in [6.07, 6.45) is 2.49. The molecule has 0 fully saturated rings. The van der Waals surface area contributed by atoms with Gasteiger partial charge >= 0.3 is 6.01 Å². The molecule has 2 rings (SSSR count). The van der Waals surface area contributed by atoms with Crippen molar-refractivity contribution >= 4 is 11.9 Å². The lowest BCUT2D eigenvalue weighted by atomic mass is 10.5. The second-order valence-corrected chi connectivity index (χ2v) is 3.86. The number of nitrogens with one attached hydrogen (secondary N) is 1. The molecule has 0 aliphatic rings. The first-order chi connectivity index (χ1) is 9.19. The molecular formula is C10H16N8O. The maximum absolute atomic E-state index is 5.59. The second-order valence-electron chi connectivity index (χ2n) is 3.86. The van der Waals surface area contributed by atoms with E-state index in [1.165, 1.54) is 0 Å². The summed E-state index contributed by atoms with van der Waals surface area (Å²) in [5, 5.41) is 10.7. The maximum atomic E-state index is 5.59. The van der Waals surface area contributed by atoms with Gasteiger partial charge in [-0.2, -0.15) is 15.0 Å². The fraction of sp³-hybridized carbons (Fsp3) is 0.500. The van der Waals surface area contributed by atoms with Gasteiger partial charge in [0.1, 0.15) is 6.33 Å². The van der Waals surface area contributed by atoms with E-state index in [0.29, 0.717) is 19.1 Å². The van der Waals surface area contributed by atoms with Crippen molar-refractivity contribution in [3.63, 3.8) is 0 Å². The molecule has 0 spiro atoms. The molecule has 2 aromatic heterocycles. The third kappa shape index (κ3) is 3.50. The van der Waals surface area contributed by atoms with Crippen LogP contribution in [-0.2, 0) is 13.6 Å². The highest BCUT2D eigenvalue weighted by Crippen LogP contribution is 2.09. The van der Waals surface area contributed by atoms with Crippen molar-refractivity contribution < 1.29 is 4.74 Å². The van der Waals surface area contributed by atoms with Gasteiger partial charge < -0.3 is 20.4 Å². The molecule has 0 unspecified atom stereocenters. The molecule has 0 radical (unpaired) electrons. The van der Waals surface area contributed by atoms with Crippen LogP contribution >= 0.6 is 0 Å². The van der Waals surface area contributed by atoms with Gasteiger partial charge in [-0.15, -0.1) is 10.2 Å². The minimum Gasteiger partial charge on any atom is -0.463 e. The number of hydrogen-bond donors (Lipinski definition) is 2. The van der Waals surface area contributed by atoms with E-state index in [-0.39, 0.29) is 12.0 Å². The lowest BCUT2D eigenvalue weighted by Gasteiger charge is -2.07. The number of nitrogens with zero attached hydrogens (tertiary/aromatic N) is 6. The molecule has 0 amide bonds. The Hall–Kier alpha value is -2.45. The summed E-state index contributed by atoms with van der Waals surface area (Å²) >= 11 is 0. The van der Waals surface area contributed by atoms with Crippen molar-refractivity contribution in [3.05, 3.63) is 12.2 Å². The summed E-state index contributed by atoms with van der Waals surface area (Å²) in [6.45, 7) is 2.97. The largest absolute Gasteiger partial charge is 0.463 e. The zero-order valence-electron chi connectivity index (χ0n) is 10.9. The molecule has 0 saturated heterocycles. The van der Waals surface area contributed by atoms with Crippen LogP contribution in [0.3, 0.4) is 0 Å². The molecule has 0 aliphatic heterocycles. The summed E-state index contributed by atoms with van der Waals surface area (Å²) in [5.74, 6) is 1.22. The highest BCUT2D eigenvalue weighted by molar-refractivity contribution is 5.32. The Bertz CT molecular complexity index is 540. The van der Waals surface area contributed by atoms with E-state index in [1.54, 1.807) is 10.9 Å². The molecule has 2 heterocycles. The SMILES string of the molecule is CCCOc1nc(N)nc(NCc2nncn2C)n1. The van der Waals surface area contributed by atoms with Crippen LogP contribution in [-0.4, -0.2) is 36.3 Å². The zero-order chi connectivity index (χ0) is 13.7. The predicted molar refractivity (Wildman–Crippen MR) is 68.4 cm³/mol. The van der Waals surface area contributed by atoms with Crippen LogP contribution in [0, 0.1) is 0 Å². The smallest absolute Gasteiger partial charge is 0.323 e. The number of hydrogen-bond acceptors (Lipinski definition) is 8. The van der Waals surface area contributed by atoms with Gasteiger partial charge in [-0.3, -0.25) is 0 Å². The fourth-order valence-electron chi connectivity index (χ4n) is 1.33. The van der Waals surface area contributed by atoms with Gasteiger partial charge in [0.2, 0.25) is 11.9 Å². The lowest BCUT2D eigenvalue weighted by molar-refractivity contribution is 0.292. The monoisotopic (exact) mass is 264 g/mol. The van der Waals surface area contributed by atoms with E-state index < -0.39 is 0 Å². The summed E-state index contributed by atoms with van der Waals surface area (Å²) in [6, 6.07) is 0.217. The molecule has 0 aliphatic carbocycles. The Balaban J connectivity index is 2.03. The van der Waals surface area contributed by atoms with E-state index in [1.807, 2.05) is 14.0 Å². The average Bonchev–Trinajstić information content (AvgIpc) is 2.79.